The third-order valence-corrected chi connectivity index (χ3v) is 1.53. The van der Waals surface area contributed by atoms with Crippen molar-refractivity contribution in [2.75, 3.05) is 25.0 Å². The molecule has 7 nitrogen and oxygen atoms in total. The zero-order valence-electron chi connectivity index (χ0n) is 7.93. The molecule has 0 aromatic carbocycles. The summed E-state index contributed by atoms with van der Waals surface area (Å²) in [5.41, 5.74) is 10.3. The Labute approximate surface area is 81.1 Å². The van der Waals surface area contributed by atoms with Gasteiger partial charge in [-0.2, -0.15) is 0 Å². The summed E-state index contributed by atoms with van der Waals surface area (Å²) in [4.78, 5) is 12.1. The van der Waals surface area contributed by atoms with Crippen LogP contribution >= 0.6 is 0 Å². The summed E-state index contributed by atoms with van der Waals surface area (Å²) >= 11 is 0. The molecule has 1 rings (SSSR count). The molecule has 78 valence electrons. The Morgan fingerprint density at radius 2 is 2.29 bits per heavy atom. The third-order valence-electron chi connectivity index (χ3n) is 1.53. The SMILES string of the molecule is CN(CC(N)=O)c1nnc(CCN)o1. The van der Waals surface area contributed by atoms with Crippen LogP contribution in [0.3, 0.4) is 0 Å². The molecule has 1 heterocycles. The molecule has 0 fully saturated rings. The van der Waals surface area contributed by atoms with Gasteiger partial charge < -0.3 is 20.8 Å². The molecule has 14 heavy (non-hydrogen) atoms. The molecule has 0 aliphatic heterocycles. The molecular formula is C7H13N5O2. The van der Waals surface area contributed by atoms with E-state index in [0.717, 1.165) is 0 Å². The number of hydrogen-bond acceptors (Lipinski definition) is 6. The molecule has 0 unspecified atom stereocenters. The number of carbonyl (C=O) groups is 1. The fourth-order valence-corrected chi connectivity index (χ4v) is 0.925. The first kappa shape index (κ1) is 10.5. The zero-order chi connectivity index (χ0) is 10.6. The lowest BCUT2D eigenvalue weighted by Crippen LogP contribution is -2.30. The highest BCUT2D eigenvalue weighted by molar-refractivity contribution is 5.78. The number of anilines is 1. The minimum atomic E-state index is -0.453. The summed E-state index contributed by atoms with van der Waals surface area (Å²) in [6.07, 6.45) is 0.525. The minimum absolute atomic E-state index is 0.0459. The van der Waals surface area contributed by atoms with E-state index < -0.39 is 5.91 Å². The van der Waals surface area contributed by atoms with Gasteiger partial charge in [0.15, 0.2) is 0 Å². The highest BCUT2D eigenvalue weighted by Gasteiger charge is 2.11. The lowest BCUT2D eigenvalue weighted by molar-refractivity contribution is -0.116. The van der Waals surface area contributed by atoms with Crippen molar-refractivity contribution in [1.29, 1.82) is 0 Å². The molecule has 7 heteroatoms. The van der Waals surface area contributed by atoms with Crippen LogP contribution in [0.15, 0.2) is 4.42 Å². The van der Waals surface area contributed by atoms with Crippen molar-refractivity contribution in [3.63, 3.8) is 0 Å². The predicted molar refractivity (Wildman–Crippen MR) is 49.5 cm³/mol. The first-order valence-corrected chi connectivity index (χ1v) is 4.15. The second-order valence-corrected chi connectivity index (χ2v) is 2.84. The Hall–Kier alpha value is -1.63. The van der Waals surface area contributed by atoms with Gasteiger partial charge in [-0.15, -0.1) is 5.10 Å². The van der Waals surface area contributed by atoms with E-state index in [1.807, 2.05) is 0 Å². The number of carbonyl (C=O) groups excluding carboxylic acids is 1. The average Bonchev–Trinajstić information content (AvgIpc) is 2.52. The van der Waals surface area contributed by atoms with Crippen LogP contribution in [0, 0.1) is 0 Å². The fraction of sp³-hybridized carbons (Fsp3) is 0.571. The Morgan fingerprint density at radius 1 is 1.57 bits per heavy atom. The zero-order valence-corrected chi connectivity index (χ0v) is 7.93. The Morgan fingerprint density at radius 3 is 2.86 bits per heavy atom. The molecule has 1 aromatic heterocycles. The number of primary amides is 1. The number of hydrogen-bond donors (Lipinski definition) is 2. The molecule has 4 N–H and O–H groups in total. The molecule has 0 aliphatic carbocycles. The molecule has 0 radical (unpaired) electrons. The average molecular weight is 199 g/mol. The van der Waals surface area contributed by atoms with Gasteiger partial charge in [0.1, 0.15) is 6.54 Å². The van der Waals surface area contributed by atoms with Gasteiger partial charge in [0.05, 0.1) is 0 Å². The van der Waals surface area contributed by atoms with Crippen molar-refractivity contribution >= 4 is 11.9 Å². The van der Waals surface area contributed by atoms with E-state index in [-0.39, 0.29) is 12.6 Å². The van der Waals surface area contributed by atoms with Crippen LogP contribution in [-0.2, 0) is 11.2 Å². The van der Waals surface area contributed by atoms with Crippen LogP contribution in [0.25, 0.3) is 0 Å². The van der Waals surface area contributed by atoms with Gasteiger partial charge in [0.25, 0.3) is 0 Å². The topological polar surface area (TPSA) is 111 Å². The van der Waals surface area contributed by atoms with Crippen molar-refractivity contribution in [2.45, 2.75) is 6.42 Å². The standard InChI is InChI=1S/C7H13N5O2/c1-12(4-5(9)13)7-11-10-6(14-7)2-3-8/h2-4,8H2,1H3,(H2,9,13). The first-order valence-electron chi connectivity index (χ1n) is 4.15. The van der Waals surface area contributed by atoms with Gasteiger partial charge in [0, 0.05) is 20.0 Å². The van der Waals surface area contributed by atoms with Crippen LogP contribution in [0.4, 0.5) is 6.01 Å². The van der Waals surface area contributed by atoms with Crippen molar-refractivity contribution in [2.24, 2.45) is 11.5 Å². The molecule has 0 saturated heterocycles. The van der Waals surface area contributed by atoms with Crippen LogP contribution in [0.1, 0.15) is 5.89 Å². The summed E-state index contributed by atoms with van der Waals surface area (Å²) in [5, 5.41) is 7.48. The summed E-state index contributed by atoms with van der Waals surface area (Å²) in [5.74, 6) is 0.00453. The molecule has 0 bridgehead atoms. The first-order chi connectivity index (χ1) is 6.63. The molecule has 0 aliphatic rings. The Kier molecular flexibility index (Phi) is 3.41. The van der Waals surface area contributed by atoms with E-state index in [2.05, 4.69) is 10.2 Å². The van der Waals surface area contributed by atoms with E-state index in [1.165, 1.54) is 4.90 Å². The lowest BCUT2D eigenvalue weighted by Gasteiger charge is -2.09. The third kappa shape index (κ3) is 2.70. The van der Waals surface area contributed by atoms with Gasteiger partial charge in [-0.05, 0) is 0 Å². The van der Waals surface area contributed by atoms with Crippen LogP contribution in [0.5, 0.6) is 0 Å². The molecule has 0 spiro atoms. The molecule has 1 aromatic rings. The molecule has 1 amide bonds. The van der Waals surface area contributed by atoms with E-state index >= 15 is 0 Å². The van der Waals surface area contributed by atoms with Crippen molar-refractivity contribution in [1.82, 2.24) is 10.2 Å². The summed E-state index contributed by atoms with van der Waals surface area (Å²) in [7, 11) is 1.64. The van der Waals surface area contributed by atoms with E-state index in [4.69, 9.17) is 15.9 Å². The van der Waals surface area contributed by atoms with Gasteiger partial charge in [-0.1, -0.05) is 5.10 Å². The molecule has 0 atom stereocenters. The van der Waals surface area contributed by atoms with E-state index in [9.17, 15) is 4.79 Å². The van der Waals surface area contributed by atoms with Crippen molar-refractivity contribution in [3.8, 4) is 0 Å². The highest BCUT2D eigenvalue weighted by Crippen LogP contribution is 2.09. The van der Waals surface area contributed by atoms with Gasteiger partial charge >= 0.3 is 6.01 Å². The van der Waals surface area contributed by atoms with E-state index in [1.54, 1.807) is 7.05 Å². The number of nitrogens with two attached hydrogens (primary N) is 2. The fourth-order valence-electron chi connectivity index (χ4n) is 0.925. The number of likely N-dealkylation sites (N-methyl/N-ethyl adjacent to an activating group) is 1. The Balaban J connectivity index is 2.61. The van der Waals surface area contributed by atoms with Gasteiger partial charge in [0.2, 0.25) is 11.8 Å². The minimum Gasteiger partial charge on any atom is -0.408 e. The predicted octanol–water partition coefficient (Wildman–Crippen LogP) is -1.51. The number of nitrogens with zero attached hydrogens (tertiary/aromatic N) is 3. The second-order valence-electron chi connectivity index (χ2n) is 2.84. The number of aromatic nitrogens is 2. The summed E-state index contributed by atoms with van der Waals surface area (Å²) < 4.78 is 5.20. The summed E-state index contributed by atoms with van der Waals surface area (Å²) in [6, 6.07) is 0.271. The molecular weight excluding hydrogens is 186 g/mol. The van der Waals surface area contributed by atoms with Crippen molar-refractivity contribution in [3.05, 3.63) is 5.89 Å². The lowest BCUT2D eigenvalue weighted by atomic mass is 10.4. The number of amides is 1. The number of rotatable bonds is 5. The largest absolute Gasteiger partial charge is 0.408 e. The second kappa shape index (κ2) is 4.56. The maximum atomic E-state index is 10.6. The van der Waals surface area contributed by atoms with Gasteiger partial charge in [-0.3, -0.25) is 4.79 Å². The normalized spacial score (nSPS) is 10.1. The van der Waals surface area contributed by atoms with Crippen LogP contribution < -0.4 is 16.4 Å². The van der Waals surface area contributed by atoms with Gasteiger partial charge in [-0.25, -0.2) is 0 Å². The van der Waals surface area contributed by atoms with Crippen LogP contribution in [-0.4, -0.2) is 36.2 Å². The highest BCUT2D eigenvalue weighted by atomic mass is 16.4. The maximum absolute atomic E-state index is 10.6. The quantitative estimate of drug-likeness (QED) is 0.596. The van der Waals surface area contributed by atoms with Crippen molar-refractivity contribution < 1.29 is 9.21 Å². The Bertz CT molecular complexity index is 311. The van der Waals surface area contributed by atoms with E-state index in [0.29, 0.717) is 18.9 Å². The maximum Gasteiger partial charge on any atom is 0.318 e. The molecule has 0 saturated carbocycles. The van der Waals surface area contributed by atoms with Crippen LogP contribution in [0.2, 0.25) is 0 Å². The monoisotopic (exact) mass is 199 g/mol. The summed E-state index contributed by atoms with van der Waals surface area (Å²) in [6.45, 7) is 0.491. The smallest absolute Gasteiger partial charge is 0.318 e.